The summed E-state index contributed by atoms with van der Waals surface area (Å²) in [5, 5.41) is 3.28. The third-order valence-electron chi connectivity index (χ3n) is 5.64. The summed E-state index contributed by atoms with van der Waals surface area (Å²) in [6.45, 7) is 4.16. The molecule has 29 heavy (non-hydrogen) atoms. The quantitative estimate of drug-likeness (QED) is 0.802. The highest BCUT2D eigenvalue weighted by Crippen LogP contribution is 2.31. The summed E-state index contributed by atoms with van der Waals surface area (Å²) >= 11 is 0. The zero-order valence-electron chi connectivity index (χ0n) is 16.6. The number of pyridine rings is 1. The maximum Gasteiger partial charge on any atom is 0.281 e. The van der Waals surface area contributed by atoms with Crippen molar-refractivity contribution in [1.82, 2.24) is 13.6 Å². The number of aromatic nitrogens is 1. The Morgan fingerprint density at radius 2 is 1.72 bits per heavy atom. The second-order valence-corrected chi connectivity index (χ2v) is 9.79. The number of halogens is 1. The molecule has 4 rings (SSSR count). The van der Waals surface area contributed by atoms with Gasteiger partial charge in [-0.1, -0.05) is 6.42 Å². The lowest BCUT2D eigenvalue weighted by Crippen LogP contribution is -2.45. The molecule has 6 nitrogen and oxygen atoms in total. The van der Waals surface area contributed by atoms with Crippen LogP contribution in [0, 0.1) is 12.7 Å². The zero-order chi connectivity index (χ0) is 20.4. The molecule has 2 fully saturated rings. The second kappa shape index (κ2) is 8.38. The molecule has 1 atom stereocenters. The van der Waals surface area contributed by atoms with Gasteiger partial charge in [0.05, 0.1) is 0 Å². The predicted octanol–water partition coefficient (Wildman–Crippen LogP) is 3.79. The molecular weight excluding hydrogens is 391 g/mol. The number of nitrogens with one attached hydrogen (secondary N) is 1. The average molecular weight is 419 g/mol. The zero-order valence-corrected chi connectivity index (χ0v) is 17.5. The number of piperidine rings is 1. The van der Waals surface area contributed by atoms with E-state index in [9.17, 15) is 12.8 Å². The van der Waals surface area contributed by atoms with Crippen LogP contribution in [0.5, 0.6) is 0 Å². The number of rotatable bonds is 5. The van der Waals surface area contributed by atoms with E-state index in [4.69, 9.17) is 0 Å². The van der Waals surface area contributed by atoms with E-state index in [1.165, 1.54) is 12.1 Å². The number of benzene rings is 1. The van der Waals surface area contributed by atoms with Gasteiger partial charge in [0.25, 0.3) is 10.2 Å². The monoisotopic (exact) mass is 418 g/mol. The molecule has 0 saturated carbocycles. The van der Waals surface area contributed by atoms with E-state index in [0.717, 1.165) is 48.4 Å². The normalized spacial score (nSPS) is 21.4. The van der Waals surface area contributed by atoms with E-state index in [-0.39, 0.29) is 11.7 Å². The van der Waals surface area contributed by atoms with Crippen molar-refractivity contribution in [1.29, 1.82) is 0 Å². The first-order chi connectivity index (χ1) is 13.9. The molecule has 2 aliphatic heterocycles. The molecule has 0 aliphatic carbocycles. The second-order valence-electron chi connectivity index (χ2n) is 7.87. The highest BCUT2D eigenvalue weighted by atomic mass is 32.2. The molecule has 0 unspecified atom stereocenters. The molecule has 0 bridgehead atoms. The fourth-order valence-corrected chi connectivity index (χ4v) is 5.86. The lowest BCUT2D eigenvalue weighted by Gasteiger charge is -2.30. The Morgan fingerprint density at radius 1 is 1.00 bits per heavy atom. The van der Waals surface area contributed by atoms with Crippen molar-refractivity contribution in [3.05, 3.63) is 53.6 Å². The van der Waals surface area contributed by atoms with E-state index < -0.39 is 10.2 Å². The minimum atomic E-state index is -3.39. The summed E-state index contributed by atoms with van der Waals surface area (Å²) in [6, 6.07) is 10.1. The molecule has 2 saturated heterocycles. The summed E-state index contributed by atoms with van der Waals surface area (Å²) in [4.78, 5) is 4.67. The molecule has 1 aromatic heterocycles. The summed E-state index contributed by atoms with van der Waals surface area (Å²) in [5.41, 5.74) is 3.43. The molecule has 0 amide bonds. The van der Waals surface area contributed by atoms with E-state index in [1.807, 2.05) is 19.1 Å². The maximum atomic E-state index is 13.1. The third kappa shape index (κ3) is 4.60. The van der Waals surface area contributed by atoms with Crippen LogP contribution >= 0.6 is 0 Å². The Hall–Kier alpha value is -2.03. The third-order valence-corrected chi connectivity index (χ3v) is 7.64. The fourth-order valence-electron chi connectivity index (χ4n) is 4.11. The van der Waals surface area contributed by atoms with Crippen LogP contribution in [0.4, 0.5) is 15.8 Å². The van der Waals surface area contributed by atoms with Crippen LogP contribution in [-0.4, -0.2) is 48.2 Å². The summed E-state index contributed by atoms with van der Waals surface area (Å²) in [5.74, 6) is -0.202. The van der Waals surface area contributed by atoms with Gasteiger partial charge in [0, 0.05) is 54.9 Å². The fraction of sp³-hybridized carbons (Fsp3) is 0.476. The lowest BCUT2D eigenvalue weighted by atomic mass is 10.0. The smallest absolute Gasteiger partial charge is 0.281 e. The number of anilines is 2. The summed E-state index contributed by atoms with van der Waals surface area (Å²) < 4.78 is 42.3. The molecule has 1 N–H and O–H groups in total. The van der Waals surface area contributed by atoms with Crippen LogP contribution in [0.2, 0.25) is 0 Å². The maximum absolute atomic E-state index is 13.1. The molecule has 3 heterocycles. The molecule has 8 heteroatoms. The van der Waals surface area contributed by atoms with E-state index in [2.05, 4.69) is 10.3 Å². The van der Waals surface area contributed by atoms with Crippen molar-refractivity contribution in [3.8, 4) is 0 Å². The Morgan fingerprint density at radius 3 is 2.45 bits per heavy atom. The summed E-state index contributed by atoms with van der Waals surface area (Å²) in [6.07, 6.45) is 3.74. The van der Waals surface area contributed by atoms with Gasteiger partial charge in [-0.3, -0.25) is 4.98 Å². The van der Waals surface area contributed by atoms with Gasteiger partial charge in [-0.2, -0.15) is 17.0 Å². The standard InChI is InChI=1S/C21H27FN4O2S/c1-16-13-20(24-19-7-5-18(22)6-8-19)14-21(23-16)17-9-12-26(15-17)29(27,28)25-10-3-2-4-11-25/h5-8,13-14,17H,2-4,9-12,15H2,1H3,(H,23,24)/t17-/m0/s1. The van der Waals surface area contributed by atoms with Crippen molar-refractivity contribution in [2.24, 2.45) is 0 Å². The SMILES string of the molecule is Cc1cc(Nc2ccc(F)cc2)cc([C@H]2CCN(S(=O)(=O)N3CCCCC3)C2)n1. The van der Waals surface area contributed by atoms with Gasteiger partial charge in [-0.15, -0.1) is 0 Å². The molecule has 0 radical (unpaired) electrons. The first-order valence-electron chi connectivity index (χ1n) is 10.2. The van der Waals surface area contributed by atoms with Crippen molar-refractivity contribution in [3.63, 3.8) is 0 Å². The molecule has 2 aromatic rings. The van der Waals surface area contributed by atoms with Crippen LogP contribution in [0.1, 0.15) is 43.0 Å². The van der Waals surface area contributed by atoms with Gasteiger partial charge in [0.2, 0.25) is 0 Å². The van der Waals surface area contributed by atoms with Crippen LogP contribution in [0.15, 0.2) is 36.4 Å². The van der Waals surface area contributed by atoms with Crippen molar-refractivity contribution < 1.29 is 12.8 Å². The van der Waals surface area contributed by atoms with Gasteiger partial charge in [-0.25, -0.2) is 4.39 Å². The Bertz CT molecular complexity index is 959. The molecule has 0 spiro atoms. The largest absolute Gasteiger partial charge is 0.355 e. The van der Waals surface area contributed by atoms with Crippen molar-refractivity contribution in [2.45, 2.75) is 38.5 Å². The lowest BCUT2D eigenvalue weighted by molar-refractivity contribution is 0.315. The Balaban J connectivity index is 1.49. The van der Waals surface area contributed by atoms with Gasteiger partial charge in [0.15, 0.2) is 0 Å². The van der Waals surface area contributed by atoms with Crippen LogP contribution in [0.3, 0.4) is 0 Å². The predicted molar refractivity (Wildman–Crippen MR) is 112 cm³/mol. The topological polar surface area (TPSA) is 65.5 Å². The highest BCUT2D eigenvalue weighted by Gasteiger charge is 2.37. The van der Waals surface area contributed by atoms with E-state index in [0.29, 0.717) is 26.2 Å². The van der Waals surface area contributed by atoms with E-state index in [1.54, 1.807) is 20.7 Å². The first-order valence-corrected chi connectivity index (χ1v) is 11.6. The molecule has 1 aromatic carbocycles. The molecular formula is C21H27FN4O2S. The number of aryl methyl sites for hydroxylation is 1. The van der Waals surface area contributed by atoms with Crippen molar-refractivity contribution in [2.75, 3.05) is 31.5 Å². The van der Waals surface area contributed by atoms with Gasteiger partial charge in [-0.05, 0) is 62.6 Å². The highest BCUT2D eigenvalue weighted by molar-refractivity contribution is 7.86. The van der Waals surface area contributed by atoms with Crippen LogP contribution in [0.25, 0.3) is 0 Å². The van der Waals surface area contributed by atoms with E-state index >= 15 is 0 Å². The molecule has 2 aliphatic rings. The summed E-state index contributed by atoms with van der Waals surface area (Å²) in [7, 11) is -3.39. The first kappa shape index (κ1) is 20.3. The minimum Gasteiger partial charge on any atom is -0.355 e. The van der Waals surface area contributed by atoms with Crippen LogP contribution in [-0.2, 0) is 10.2 Å². The average Bonchev–Trinajstić information content (AvgIpc) is 3.21. The van der Waals surface area contributed by atoms with Gasteiger partial charge < -0.3 is 5.32 Å². The van der Waals surface area contributed by atoms with Crippen LogP contribution < -0.4 is 5.32 Å². The number of nitrogens with zero attached hydrogens (tertiary/aromatic N) is 3. The van der Waals surface area contributed by atoms with Gasteiger partial charge in [0.1, 0.15) is 5.82 Å². The number of hydrogen-bond donors (Lipinski definition) is 1. The minimum absolute atomic E-state index is 0.0724. The van der Waals surface area contributed by atoms with Gasteiger partial charge >= 0.3 is 0 Å². The molecule has 156 valence electrons. The Labute approximate surface area is 171 Å². The Kier molecular flexibility index (Phi) is 5.85. The number of hydrogen-bond acceptors (Lipinski definition) is 4. The van der Waals surface area contributed by atoms with Crippen molar-refractivity contribution >= 4 is 21.6 Å².